The summed E-state index contributed by atoms with van der Waals surface area (Å²) in [5.74, 6) is 0.333. The first-order valence-corrected chi connectivity index (χ1v) is 14.0. The van der Waals surface area contributed by atoms with Gasteiger partial charge in [0, 0.05) is 24.5 Å². The van der Waals surface area contributed by atoms with E-state index in [0.29, 0.717) is 30.9 Å². The maximum absolute atomic E-state index is 13.3. The van der Waals surface area contributed by atoms with Crippen LogP contribution in [0.25, 0.3) is 0 Å². The number of carbonyl (C=O) groups is 2. The minimum Gasteiger partial charge on any atom is -0.369 e. The number of hydrogen-bond donors (Lipinski definition) is 2. The van der Waals surface area contributed by atoms with Gasteiger partial charge in [-0.3, -0.25) is 13.9 Å². The van der Waals surface area contributed by atoms with E-state index >= 15 is 0 Å². The van der Waals surface area contributed by atoms with Crippen LogP contribution in [0.4, 0.5) is 5.69 Å². The second-order valence-electron chi connectivity index (χ2n) is 10.2. The van der Waals surface area contributed by atoms with Crippen molar-refractivity contribution >= 4 is 62.5 Å². The van der Waals surface area contributed by atoms with Crippen molar-refractivity contribution < 1.29 is 18.0 Å². The van der Waals surface area contributed by atoms with Gasteiger partial charge in [-0.05, 0) is 68.4 Å². The molecule has 4 aliphatic carbocycles. The number of nitrogens with two attached hydrogens (primary N) is 1. The number of nitrogens with one attached hydrogen (secondary N) is 1. The Labute approximate surface area is 214 Å². The van der Waals surface area contributed by atoms with E-state index in [9.17, 15) is 18.0 Å². The van der Waals surface area contributed by atoms with E-state index in [4.69, 9.17) is 40.5 Å². The number of halogens is 3. The van der Waals surface area contributed by atoms with Gasteiger partial charge in [-0.1, -0.05) is 34.8 Å². The van der Waals surface area contributed by atoms with Crippen molar-refractivity contribution in [2.45, 2.75) is 44.6 Å². The number of nitrogens with zero attached hydrogens (tertiary/aromatic N) is 2. The third-order valence-electron chi connectivity index (χ3n) is 8.07. The Morgan fingerprint density at radius 2 is 1.68 bits per heavy atom. The number of anilines is 1. The molecule has 8 nitrogen and oxygen atoms in total. The van der Waals surface area contributed by atoms with Crippen LogP contribution >= 0.6 is 34.8 Å². The predicted molar refractivity (Wildman–Crippen MR) is 131 cm³/mol. The van der Waals surface area contributed by atoms with E-state index in [1.807, 2.05) is 0 Å². The average molecular weight is 550 g/mol. The lowest BCUT2D eigenvalue weighted by molar-refractivity contribution is -0.147. The summed E-state index contributed by atoms with van der Waals surface area (Å²) in [4.78, 5) is 25.2. The first-order chi connectivity index (χ1) is 16.0. The van der Waals surface area contributed by atoms with Crippen LogP contribution in [0.3, 0.4) is 0 Å². The van der Waals surface area contributed by atoms with Gasteiger partial charge in [0.2, 0.25) is 11.8 Å². The van der Waals surface area contributed by atoms with Crippen LogP contribution in [0, 0.1) is 23.2 Å². The monoisotopic (exact) mass is 548 g/mol. The van der Waals surface area contributed by atoms with Crippen molar-refractivity contribution in [3.05, 3.63) is 27.2 Å². The van der Waals surface area contributed by atoms with Crippen molar-refractivity contribution in [3.8, 4) is 0 Å². The van der Waals surface area contributed by atoms with Gasteiger partial charge in [0.05, 0.1) is 27.3 Å². The highest BCUT2D eigenvalue weighted by Crippen LogP contribution is 2.59. The average Bonchev–Trinajstić information content (AvgIpc) is 2.75. The molecule has 2 amide bonds. The molecule has 1 aromatic rings. The first-order valence-electron chi connectivity index (χ1n) is 11.5. The quantitative estimate of drug-likeness (QED) is 0.549. The maximum atomic E-state index is 13.3. The minimum absolute atomic E-state index is 0.0472. The zero-order chi connectivity index (χ0) is 24.4. The Morgan fingerprint density at radius 3 is 2.26 bits per heavy atom. The smallest absolute Gasteiger partial charge is 0.304 e. The molecule has 3 N–H and O–H groups in total. The molecular formula is C22H27Cl3N4O4S. The van der Waals surface area contributed by atoms with Crippen molar-refractivity contribution in [2.24, 2.45) is 28.9 Å². The summed E-state index contributed by atoms with van der Waals surface area (Å²) in [6.45, 7) is 0.220. The minimum atomic E-state index is -3.96. The van der Waals surface area contributed by atoms with E-state index in [-0.39, 0.29) is 64.4 Å². The summed E-state index contributed by atoms with van der Waals surface area (Å²) in [6.07, 6.45) is 4.76. The molecule has 2 atom stereocenters. The zero-order valence-electron chi connectivity index (χ0n) is 18.5. The highest BCUT2D eigenvalue weighted by Gasteiger charge is 2.58. The molecule has 1 aliphatic heterocycles. The van der Waals surface area contributed by atoms with Gasteiger partial charge in [0.25, 0.3) is 0 Å². The van der Waals surface area contributed by atoms with E-state index in [0.717, 1.165) is 19.3 Å². The molecule has 5 aliphatic rings. The van der Waals surface area contributed by atoms with E-state index in [1.165, 1.54) is 20.7 Å². The Morgan fingerprint density at radius 1 is 1.06 bits per heavy atom. The number of hydrogen-bond acceptors (Lipinski definition) is 4. The van der Waals surface area contributed by atoms with Gasteiger partial charge in [-0.15, -0.1) is 0 Å². The Bertz CT molecular complexity index is 1110. The van der Waals surface area contributed by atoms with Crippen molar-refractivity contribution in [2.75, 3.05) is 23.9 Å². The van der Waals surface area contributed by atoms with Crippen molar-refractivity contribution in [1.82, 2.24) is 9.62 Å². The molecule has 34 heavy (non-hydrogen) atoms. The lowest BCUT2D eigenvalue weighted by Gasteiger charge is -2.58. The number of benzene rings is 1. The van der Waals surface area contributed by atoms with E-state index < -0.39 is 15.6 Å². The lowest BCUT2D eigenvalue weighted by atomic mass is 9.47. The molecule has 1 aromatic carbocycles. The zero-order valence-corrected chi connectivity index (χ0v) is 21.6. The summed E-state index contributed by atoms with van der Waals surface area (Å²) in [5, 5.41) is 3.58. The number of carbonyl (C=O) groups excluding carboxylic acids is 2. The predicted octanol–water partition coefficient (Wildman–Crippen LogP) is 3.20. The molecule has 1 saturated heterocycles. The highest BCUT2D eigenvalue weighted by atomic mass is 35.5. The van der Waals surface area contributed by atoms with Gasteiger partial charge < -0.3 is 11.1 Å². The molecule has 6 rings (SSSR count). The van der Waals surface area contributed by atoms with Gasteiger partial charge in [-0.2, -0.15) is 12.7 Å². The summed E-state index contributed by atoms with van der Waals surface area (Å²) < 4.78 is 29.0. The number of amides is 2. The third-order valence-corrected chi connectivity index (χ3v) is 11.2. The molecule has 4 bridgehead atoms. The second-order valence-corrected chi connectivity index (χ2v) is 13.2. The summed E-state index contributed by atoms with van der Waals surface area (Å²) in [6, 6.07) is 2.87. The maximum Gasteiger partial charge on any atom is 0.304 e. The molecular weight excluding hydrogens is 523 g/mol. The molecule has 12 heteroatoms. The second kappa shape index (κ2) is 8.69. The SMILES string of the molecule is NC(=O)C12CC3CC(C1)C(NC(=O)CN1CCCN(c4cc(Cl)c(Cl)c(Cl)c4)S1(=O)=O)C(C3)C2. The van der Waals surface area contributed by atoms with Crippen LogP contribution < -0.4 is 15.4 Å². The third kappa shape index (κ3) is 4.07. The first kappa shape index (κ1) is 24.4. The molecule has 1 heterocycles. The Balaban J connectivity index is 1.28. The van der Waals surface area contributed by atoms with Crippen LogP contribution in [0.2, 0.25) is 15.1 Å². The van der Waals surface area contributed by atoms with E-state index in [1.54, 1.807) is 0 Å². The number of primary amides is 1. The normalized spacial score (nSPS) is 34.3. The Kier molecular flexibility index (Phi) is 6.25. The summed E-state index contributed by atoms with van der Waals surface area (Å²) in [7, 11) is -3.96. The fourth-order valence-corrected chi connectivity index (χ4v) is 9.06. The molecule has 2 unspecified atom stereocenters. The molecule has 0 radical (unpaired) electrons. The van der Waals surface area contributed by atoms with Gasteiger partial charge in [-0.25, -0.2) is 0 Å². The van der Waals surface area contributed by atoms with Gasteiger partial charge >= 0.3 is 10.2 Å². The summed E-state index contributed by atoms with van der Waals surface area (Å²) >= 11 is 18.2. The summed E-state index contributed by atoms with van der Waals surface area (Å²) in [5.41, 5.74) is 5.62. The molecule has 0 aromatic heterocycles. The highest BCUT2D eigenvalue weighted by molar-refractivity contribution is 7.90. The standard InChI is InChI=1S/C22H27Cl3N4O4S/c23-16-6-15(7-17(24)19(16)25)29-3-1-2-28(34(29,32)33)11-18(30)27-20-13-4-12-5-14(20)10-22(8-12,9-13)21(26)31/h6-7,12-14,20H,1-5,8-11H2,(H2,26,31)(H,27,30). The van der Waals surface area contributed by atoms with Crippen LogP contribution in [-0.4, -0.2) is 50.2 Å². The largest absolute Gasteiger partial charge is 0.369 e. The van der Waals surface area contributed by atoms with E-state index in [2.05, 4.69) is 5.32 Å². The Hall–Kier alpha value is -1.26. The number of rotatable bonds is 5. The van der Waals surface area contributed by atoms with Crippen LogP contribution in [0.1, 0.15) is 38.5 Å². The van der Waals surface area contributed by atoms with Crippen LogP contribution in [-0.2, 0) is 19.8 Å². The molecule has 186 valence electrons. The molecule has 5 fully saturated rings. The van der Waals surface area contributed by atoms with Crippen LogP contribution in [0.15, 0.2) is 12.1 Å². The van der Waals surface area contributed by atoms with Crippen molar-refractivity contribution in [1.29, 1.82) is 0 Å². The fraction of sp³-hybridized carbons (Fsp3) is 0.636. The molecule has 0 spiro atoms. The topological polar surface area (TPSA) is 113 Å². The van der Waals surface area contributed by atoms with Crippen LogP contribution in [0.5, 0.6) is 0 Å². The molecule has 4 saturated carbocycles. The van der Waals surface area contributed by atoms with Crippen molar-refractivity contribution in [3.63, 3.8) is 0 Å². The van der Waals surface area contributed by atoms with Gasteiger partial charge in [0.15, 0.2) is 0 Å². The lowest BCUT2D eigenvalue weighted by Crippen LogP contribution is -2.63. The van der Waals surface area contributed by atoms with Gasteiger partial charge in [0.1, 0.15) is 0 Å². The fourth-order valence-electron chi connectivity index (χ4n) is 6.82.